The molecule has 8 nitrogen and oxygen atoms in total. The van der Waals surface area contributed by atoms with Crippen molar-refractivity contribution < 1.29 is 29.1 Å². The zero-order valence-corrected chi connectivity index (χ0v) is 17.1. The molecule has 0 radical (unpaired) electrons. The van der Waals surface area contributed by atoms with Crippen molar-refractivity contribution in [1.82, 2.24) is 5.16 Å². The van der Waals surface area contributed by atoms with Gasteiger partial charge < -0.3 is 19.5 Å². The number of rotatable bonds is 4. The Balaban J connectivity index is 1.96. The third-order valence-corrected chi connectivity index (χ3v) is 5.15. The van der Waals surface area contributed by atoms with Crippen LogP contribution in [0.3, 0.4) is 0 Å². The maximum absolute atomic E-state index is 13.0. The summed E-state index contributed by atoms with van der Waals surface area (Å²) < 4.78 is 10.3. The number of anilines is 1. The molecule has 1 aromatic heterocycles. The highest BCUT2D eigenvalue weighted by atomic mass is 16.5. The molecular formula is C23H20N2O6. The molecular weight excluding hydrogens is 400 g/mol. The Kier molecular flexibility index (Phi) is 4.98. The summed E-state index contributed by atoms with van der Waals surface area (Å²) in [5.74, 6) is -1.35. The lowest BCUT2D eigenvalue weighted by atomic mass is 9.94. The number of benzene rings is 2. The van der Waals surface area contributed by atoms with Crippen molar-refractivity contribution in [2.45, 2.75) is 19.9 Å². The van der Waals surface area contributed by atoms with Crippen molar-refractivity contribution in [1.29, 1.82) is 0 Å². The molecule has 1 saturated heterocycles. The van der Waals surface area contributed by atoms with E-state index in [0.29, 0.717) is 16.9 Å². The van der Waals surface area contributed by atoms with Crippen molar-refractivity contribution in [2.24, 2.45) is 0 Å². The number of hydrogen-bond acceptors (Lipinski definition) is 7. The number of Topliss-reactive ketones (excluding diaryl/α,β-unsaturated/α-hetero) is 1. The molecule has 2 heterocycles. The number of amides is 1. The average molecular weight is 420 g/mol. The van der Waals surface area contributed by atoms with E-state index >= 15 is 0 Å². The fourth-order valence-corrected chi connectivity index (χ4v) is 3.58. The maximum Gasteiger partial charge on any atom is 0.301 e. The topological polar surface area (TPSA) is 113 Å². The highest BCUT2D eigenvalue weighted by molar-refractivity contribution is 6.51. The lowest BCUT2D eigenvalue weighted by Gasteiger charge is -2.23. The Labute approximate surface area is 178 Å². The molecule has 31 heavy (non-hydrogen) atoms. The van der Waals surface area contributed by atoms with Gasteiger partial charge in [0.15, 0.2) is 17.3 Å². The number of nitrogens with zero attached hydrogens (tertiary/aromatic N) is 2. The number of aliphatic hydroxyl groups is 1. The van der Waals surface area contributed by atoms with Gasteiger partial charge in [-0.1, -0.05) is 41.1 Å². The first-order chi connectivity index (χ1) is 14.8. The van der Waals surface area contributed by atoms with Crippen LogP contribution < -0.4 is 9.64 Å². The summed E-state index contributed by atoms with van der Waals surface area (Å²) in [6.45, 7) is 3.57. The maximum atomic E-state index is 13.0. The van der Waals surface area contributed by atoms with E-state index in [9.17, 15) is 19.8 Å². The van der Waals surface area contributed by atoms with Gasteiger partial charge in [0.25, 0.3) is 5.78 Å². The zero-order chi connectivity index (χ0) is 22.3. The number of ketones is 1. The van der Waals surface area contributed by atoms with Crippen LogP contribution in [0.5, 0.6) is 11.5 Å². The zero-order valence-electron chi connectivity index (χ0n) is 17.1. The summed E-state index contributed by atoms with van der Waals surface area (Å²) >= 11 is 0. The third kappa shape index (κ3) is 3.42. The normalized spacial score (nSPS) is 17.9. The Morgan fingerprint density at radius 1 is 1.10 bits per heavy atom. The molecule has 1 fully saturated rings. The van der Waals surface area contributed by atoms with Gasteiger partial charge in [-0.2, -0.15) is 0 Å². The number of aromatic hydroxyl groups is 1. The molecule has 0 spiro atoms. The largest absolute Gasteiger partial charge is 0.507 e. The molecule has 0 aliphatic carbocycles. The van der Waals surface area contributed by atoms with Gasteiger partial charge in [0.2, 0.25) is 0 Å². The summed E-state index contributed by atoms with van der Waals surface area (Å²) in [6, 6.07) is 11.9. The van der Waals surface area contributed by atoms with Crippen molar-refractivity contribution >= 4 is 23.3 Å². The highest BCUT2D eigenvalue weighted by Crippen LogP contribution is 2.43. The van der Waals surface area contributed by atoms with Crippen LogP contribution in [0.2, 0.25) is 0 Å². The highest BCUT2D eigenvalue weighted by Gasteiger charge is 2.48. The molecule has 4 rings (SSSR count). The second-order valence-electron chi connectivity index (χ2n) is 7.26. The minimum absolute atomic E-state index is 0.0951. The number of ether oxygens (including phenoxy) is 1. The van der Waals surface area contributed by atoms with E-state index in [2.05, 4.69) is 5.16 Å². The van der Waals surface area contributed by atoms with Crippen LogP contribution in [0.4, 0.5) is 5.82 Å². The van der Waals surface area contributed by atoms with Gasteiger partial charge in [0.1, 0.15) is 11.5 Å². The van der Waals surface area contributed by atoms with Crippen LogP contribution in [0.15, 0.2) is 58.6 Å². The van der Waals surface area contributed by atoms with E-state index < -0.39 is 17.7 Å². The van der Waals surface area contributed by atoms with E-state index in [1.807, 2.05) is 6.92 Å². The Morgan fingerprint density at radius 2 is 1.81 bits per heavy atom. The van der Waals surface area contributed by atoms with E-state index in [4.69, 9.17) is 9.26 Å². The molecule has 1 unspecified atom stereocenters. The molecule has 158 valence electrons. The first kappa shape index (κ1) is 20.2. The van der Waals surface area contributed by atoms with Gasteiger partial charge in [-0.15, -0.1) is 0 Å². The average Bonchev–Trinajstić information content (AvgIpc) is 3.29. The van der Waals surface area contributed by atoms with Gasteiger partial charge in [0, 0.05) is 11.6 Å². The second kappa shape index (κ2) is 7.64. The smallest absolute Gasteiger partial charge is 0.301 e. The van der Waals surface area contributed by atoms with Crippen LogP contribution in [-0.4, -0.2) is 34.2 Å². The molecule has 1 aliphatic heterocycles. The number of aromatic nitrogens is 1. The predicted molar refractivity (Wildman–Crippen MR) is 112 cm³/mol. The van der Waals surface area contributed by atoms with Gasteiger partial charge in [0.05, 0.1) is 18.7 Å². The minimum Gasteiger partial charge on any atom is -0.507 e. The molecule has 0 saturated carbocycles. The number of carbonyl (C=O) groups is 2. The quantitative estimate of drug-likeness (QED) is 0.376. The first-order valence-corrected chi connectivity index (χ1v) is 9.50. The monoisotopic (exact) mass is 420 g/mol. The van der Waals surface area contributed by atoms with Gasteiger partial charge in [-0.25, -0.2) is 0 Å². The predicted octanol–water partition coefficient (Wildman–Crippen LogP) is 3.63. The Bertz CT molecular complexity index is 1210. The second-order valence-corrected chi connectivity index (χ2v) is 7.26. The summed E-state index contributed by atoms with van der Waals surface area (Å²) in [6.07, 6.45) is 0. The number of carbonyl (C=O) groups excluding carboxylic acids is 2. The molecule has 8 heteroatoms. The van der Waals surface area contributed by atoms with E-state index in [1.165, 1.54) is 30.2 Å². The molecule has 1 aliphatic rings. The summed E-state index contributed by atoms with van der Waals surface area (Å²) in [7, 11) is 1.39. The van der Waals surface area contributed by atoms with Crippen LogP contribution in [0.1, 0.15) is 28.5 Å². The lowest BCUT2D eigenvalue weighted by Crippen LogP contribution is -2.29. The van der Waals surface area contributed by atoms with Gasteiger partial charge in [-0.3, -0.25) is 14.5 Å². The number of phenolic OH excluding ortho intramolecular Hbond substituents is 1. The van der Waals surface area contributed by atoms with Crippen molar-refractivity contribution in [3.8, 4) is 11.5 Å². The number of methoxy groups -OCH3 is 1. The lowest BCUT2D eigenvalue weighted by molar-refractivity contribution is -0.132. The van der Waals surface area contributed by atoms with E-state index in [0.717, 1.165) is 5.56 Å². The number of aliphatic hydroxyl groups excluding tert-OH is 1. The van der Waals surface area contributed by atoms with Crippen LogP contribution in [-0.2, 0) is 9.59 Å². The molecule has 0 bridgehead atoms. The van der Waals surface area contributed by atoms with Crippen LogP contribution >= 0.6 is 0 Å². The summed E-state index contributed by atoms with van der Waals surface area (Å²) in [4.78, 5) is 27.2. The van der Waals surface area contributed by atoms with Crippen molar-refractivity contribution in [2.75, 3.05) is 12.0 Å². The van der Waals surface area contributed by atoms with Crippen LogP contribution in [0.25, 0.3) is 5.76 Å². The standard InChI is InChI=1S/C23H20N2O6/c1-12-4-6-14(7-5-12)21(27)19-20(15-8-9-16(26)17(11-15)30-3)25(23(29)22(19)28)18-10-13(2)31-24-18/h4-11,20,26-27H,1-3H3. The van der Waals surface area contributed by atoms with Gasteiger partial charge >= 0.3 is 5.91 Å². The van der Waals surface area contributed by atoms with E-state index in [1.54, 1.807) is 37.3 Å². The molecule has 3 aromatic rings. The fraction of sp³-hybridized carbons (Fsp3) is 0.174. The molecule has 2 N–H and O–H groups in total. The molecule has 2 aromatic carbocycles. The Morgan fingerprint density at radius 3 is 2.42 bits per heavy atom. The number of phenols is 1. The first-order valence-electron chi connectivity index (χ1n) is 9.50. The summed E-state index contributed by atoms with van der Waals surface area (Å²) in [5, 5.41) is 24.9. The fourth-order valence-electron chi connectivity index (χ4n) is 3.58. The van der Waals surface area contributed by atoms with Crippen molar-refractivity contribution in [3.05, 3.63) is 76.6 Å². The third-order valence-electron chi connectivity index (χ3n) is 5.15. The van der Waals surface area contributed by atoms with Gasteiger partial charge in [-0.05, 0) is 31.5 Å². The summed E-state index contributed by atoms with van der Waals surface area (Å²) in [5.41, 5.74) is 1.73. The minimum atomic E-state index is -1.000. The van der Waals surface area contributed by atoms with Crippen molar-refractivity contribution in [3.63, 3.8) is 0 Å². The number of hydrogen-bond donors (Lipinski definition) is 2. The molecule has 1 amide bonds. The molecule has 1 atom stereocenters. The SMILES string of the molecule is COc1cc(C2C(=C(O)c3ccc(C)cc3)C(=O)C(=O)N2c2cc(C)on2)ccc1O. The number of aryl methyl sites for hydroxylation is 2. The van der Waals surface area contributed by atoms with E-state index in [-0.39, 0.29) is 28.6 Å². The van der Waals surface area contributed by atoms with Crippen LogP contribution in [0, 0.1) is 13.8 Å². The Hall–Kier alpha value is -4.07.